The van der Waals surface area contributed by atoms with Gasteiger partial charge in [-0.1, -0.05) is 48.5 Å². The first-order chi connectivity index (χ1) is 8.90. The second kappa shape index (κ2) is 6.82. The average molecular weight is 241 g/mol. The highest BCUT2D eigenvalue weighted by Crippen LogP contribution is 2.18. The number of rotatable bonds is 6. The number of benzene rings is 2. The van der Waals surface area contributed by atoms with Gasteiger partial charge in [-0.2, -0.15) is 0 Å². The minimum atomic E-state index is 0.652. The molecule has 0 radical (unpaired) electrons. The zero-order chi connectivity index (χ0) is 12.6. The van der Waals surface area contributed by atoms with Gasteiger partial charge in [0.25, 0.3) is 0 Å². The molecule has 2 aromatic carbocycles. The lowest BCUT2D eigenvalue weighted by molar-refractivity contribution is 0.318. The molecule has 0 heterocycles. The fraction of sp³-hybridized carbons (Fsp3) is 0.250. The lowest BCUT2D eigenvalue weighted by Crippen LogP contribution is -2.07. The highest BCUT2D eigenvalue weighted by molar-refractivity contribution is 5.33. The van der Waals surface area contributed by atoms with Crippen molar-refractivity contribution < 1.29 is 4.74 Å². The van der Waals surface area contributed by atoms with Crippen LogP contribution in [0, 0.1) is 0 Å². The van der Waals surface area contributed by atoms with Crippen molar-refractivity contribution >= 4 is 0 Å². The molecule has 18 heavy (non-hydrogen) atoms. The van der Waals surface area contributed by atoms with Crippen LogP contribution in [0.4, 0.5) is 0 Å². The Bertz CT molecular complexity index is 468. The van der Waals surface area contributed by atoms with Crippen molar-refractivity contribution in [3.8, 4) is 5.75 Å². The van der Waals surface area contributed by atoms with Crippen molar-refractivity contribution in [2.75, 3.05) is 13.2 Å². The summed E-state index contributed by atoms with van der Waals surface area (Å²) >= 11 is 0. The monoisotopic (exact) mass is 241 g/mol. The van der Waals surface area contributed by atoms with Crippen LogP contribution in [0.1, 0.15) is 11.1 Å². The molecule has 2 N–H and O–H groups in total. The van der Waals surface area contributed by atoms with Gasteiger partial charge in [-0.05, 0) is 30.2 Å². The van der Waals surface area contributed by atoms with Crippen LogP contribution < -0.4 is 10.5 Å². The molecule has 0 saturated heterocycles. The fourth-order valence-corrected chi connectivity index (χ4v) is 1.93. The predicted octanol–water partition coefficient (Wildman–Crippen LogP) is 2.81. The van der Waals surface area contributed by atoms with Gasteiger partial charge in [0.2, 0.25) is 0 Å². The quantitative estimate of drug-likeness (QED) is 0.844. The number of ether oxygens (including phenoxy) is 1. The van der Waals surface area contributed by atoms with Crippen LogP contribution in [0.25, 0.3) is 0 Å². The Morgan fingerprint density at radius 3 is 2.33 bits per heavy atom. The molecule has 0 aliphatic carbocycles. The van der Waals surface area contributed by atoms with Crippen molar-refractivity contribution in [2.45, 2.75) is 12.8 Å². The van der Waals surface area contributed by atoms with E-state index in [9.17, 15) is 0 Å². The zero-order valence-electron chi connectivity index (χ0n) is 10.5. The van der Waals surface area contributed by atoms with Crippen molar-refractivity contribution in [1.29, 1.82) is 0 Å². The zero-order valence-corrected chi connectivity index (χ0v) is 10.5. The molecule has 0 atom stereocenters. The molecule has 0 spiro atoms. The van der Waals surface area contributed by atoms with Crippen LogP contribution in [-0.4, -0.2) is 13.2 Å². The predicted molar refractivity (Wildman–Crippen MR) is 74.8 cm³/mol. The van der Waals surface area contributed by atoms with Crippen LogP contribution in [0.2, 0.25) is 0 Å². The normalized spacial score (nSPS) is 10.3. The van der Waals surface area contributed by atoms with Gasteiger partial charge in [-0.15, -0.1) is 0 Å². The second-order valence-corrected chi connectivity index (χ2v) is 4.23. The van der Waals surface area contributed by atoms with Gasteiger partial charge in [-0.25, -0.2) is 0 Å². The Labute approximate surface area is 108 Å². The average Bonchev–Trinajstić information content (AvgIpc) is 2.42. The summed E-state index contributed by atoms with van der Waals surface area (Å²) in [6, 6.07) is 18.5. The molecule has 2 rings (SSSR count). The third-order valence-electron chi connectivity index (χ3n) is 2.88. The smallest absolute Gasteiger partial charge is 0.122 e. The van der Waals surface area contributed by atoms with E-state index < -0.39 is 0 Å². The second-order valence-electron chi connectivity index (χ2n) is 4.23. The van der Waals surface area contributed by atoms with Gasteiger partial charge in [0.05, 0.1) is 6.61 Å². The Hall–Kier alpha value is -1.80. The maximum Gasteiger partial charge on any atom is 0.122 e. The summed E-state index contributed by atoms with van der Waals surface area (Å²) in [6.07, 6.45) is 1.79. The minimum Gasteiger partial charge on any atom is -0.493 e. The topological polar surface area (TPSA) is 35.2 Å². The maximum atomic E-state index is 5.84. The van der Waals surface area contributed by atoms with Crippen molar-refractivity contribution in [3.05, 3.63) is 65.7 Å². The van der Waals surface area contributed by atoms with Crippen LogP contribution in [-0.2, 0) is 12.8 Å². The lowest BCUT2D eigenvalue weighted by atomic mass is 10.1. The van der Waals surface area contributed by atoms with E-state index in [-0.39, 0.29) is 0 Å². The number of hydrogen-bond donors (Lipinski definition) is 1. The number of hydrogen-bond acceptors (Lipinski definition) is 2. The van der Waals surface area contributed by atoms with Gasteiger partial charge in [0.15, 0.2) is 0 Å². The van der Waals surface area contributed by atoms with E-state index in [1.54, 1.807) is 0 Å². The maximum absolute atomic E-state index is 5.84. The Morgan fingerprint density at radius 1 is 0.833 bits per heavy atom. The molecule has 0 bridgehead atoms. The van der Waals surface area contributed by atoms with E-state index in [1.807, 2.05) is 24.3 Å². The van der Waals surface area contributed by atoms with E-state index in [4.69, 9.17) is 10.5 Å². The van der Waals surface area contributed by atoms with E-state index in [2.05, 4.69) is 30.3 Å². The van der Waals surface area contributed by atoms with Crippen molar-refractivity contribution in [3.63, 3.8) is 0 Å². The molecule has 2 heteroatoms. The van der Waals surface area contributed by atoms with Crippen LogP contribution >= 0.6 is 0 Å². The van der Waals surface area contributed by atoms with E-state index in [0.717, 1.165) is 18.6 Å². The highest BCUT2D eigenvalue weighted by atomic mass is 16.5. The Balaban J connectivity index is 1.90. The van der Waals surface area contributed by atoms with Crippen LogP contribution in [0.5, 0.6) is 5.75 Å². The molecule has 0 fully saturated rings. The van der Waals surface area contributed by atoms with Crippen molar-refractivity contribution in [1.82, 2.24) is 0 Å². The van der Waals surface area contributed by atoms with E-state index in [0.29, 0.717) is 13.2 Å². The lowest BCUT2D eigenvalue weighted by Gasteiger charge is -2.10. The molecule has 0 aliphatic rings. The molecule has 2 aromatic rings. The number of nitrogens with two attached hydrogens (primary N) is 1. The summed E-state index contributed by atoms with van der Waals surface area (Å²) in [5, 5.41) is 0. The summed E-state index contributed by atoms with van der Waals surface area (Å²) in [5.74, 6) is 0.957. The van der Waals surface area contributed by atoms with Crippen molar-refractivity contribution in [2.24, 2.45) is 5.73 Å². The fourth-order valence-electron chi connectivity index (χ4n) is 1.93. The van der Waals surface area contributed by atoms with Gasteiger partial charge in [-0.3, -0.25) is 0 Å². The van der Waals surface area contributed by atoms with Gasteiger partial charge >= 0.3 is 0 Å². The summed E-state index contributed by atoms with van der Waals surface area (Å²) in [7, 11) is 0. The molecule has 2 nitrogen and oxygen atoms in total. The van der Waals surface area contributed by atoms with Gasteiger partial charge in [0.1, 0.15) is 5.75 Å². The molecule has 0 aliphatic heterocycles. The molecule has 94 valence electrons. The summed E-state index contributed by atoms with van der Waals surface area (Å²) in [6.45, 7) is 1.35. The molecule has 0 saturated carbocycles. The highest BCUT2D eigenvalue weighted by Gasteiger charge is 2.01. The van der Waals surface area contributed by atoms with Crippen LogP contribution in [0.15, 0.2) is 54.6 Å². The van der Waals surface area contributed by atoms with Crippen LogP contribution in [0.3, 0.4) is 0 Å². The SMILES string of the molecule is NCCc1ccccc1OCCc1ccccc1. The van der Waals surface area contributed by atoms with Gasteiger partial charge in [0, 0.05) is 6.42 Å². The molecule has 0 aromatic heterocycles. The third-order valence-corrected chi connectivity index (χ3v) is 2.88. The van der Waals surface area contributed by atoms with Gasteiger partial charge < -0.3 is 10.5 Å². The first-order valence-corrected chi connectivity index (χ1v) is 6.35. The molecular weight excluding hydrogens is 222 g/mol. The Morgan fingerprint density at radius 2 is 1.56 bits per heavy atom. The largest absolute Gasteiger partial charge is 0.493 e. The first kappa shape index (κ1) is 12.7. The Kier molecular flexibility index (Phi) is 4.79. The molecule has 0 unspecified atom stereocenters. The first-order valence-electron chi connectivity index (χ1n) is 6.35. The summed E-state index contributed by atoms with van der Waals surface area (Å²) in [4.78, 5) is 0. The standard InChI is InChI=1S/C16H19NO/c17-12-10-15-8-4-5-9-16(15)18-13-11-14-6-2-1-3-7-14/h1-9H,10-13,17H2. The summed E-state index contributed by atoms with van der Waals surface area (Å²) in [5.41, 5.74) is 8.08. The summed E-state index contributed by atoms with van der Waals surface area (Å²) < 4.78 is 5.84. The van der Waals surface area contributed by atoms with E-state index >= 15 is 0 Å². The molecule has 0 amide bonds. The third kappa shape index (κ3) is 3.60. The number of para-hydroxylation sites is 1. The minimum absolute atomic E-state index is 0.652. The molecular formula is C16H19NO. The van der Waals surface area contributed by atoms with E-state index in [1.165, 1.54) is 11.1 Å².